The SMILES string of the molecule is C/C(N)=C(\SC(F)(F)F)C(=O)c1ccccc1. The molecule has 0 radical (unpaired) electrons. The summed E-state index contributed by atoms with van der Waals surface area (Å²) in [6, 6.07) is 7.72. The van der Waals surface area contributed by atoms with Crippen LogP contribution in [-0.4, -0.2) is 11.3 Å². The Bertz CT molecular complexity index is 436. The molecular formula is C11H10F3NOS. The molecule has 0 bridgehead atoms. The third kappa shape index (κ3) is 4.14. The van der Waals surface area contributed by atoms with Crippen molar-refractivity contribution in [3.05, 3.63) is 46.5 Å². The molecule has 0 fully saturated rings. The highest BCUT2D eigenvalue weighted by atomic mass is 32.2. The second kappa shape index (κ2) is 5.27. The highest BCUT2D eigenvalue weighted by molar-refractivity contribution is 8.04. The van der Waals surface area contributed by atoms with Gasteiger partial charge in [-0.2, -0.15) is 13.2 Å². The minimum absolute atomic E-state index is 0.138. The number of Topliss-reactive ketones (excluding diaryl/α,β-unsaturated/α-hetero) is 1. The minimum Gasteiger partial charge on any atom is -0.401 e. The van der Waals surface area contributed by atoms with Crippen molar-refractivity contribution in [1.82, 2.24) is 0 Å². The van der Waals surface area contributed by atoms with Crippen molar-refractivity contribution in [2.75, 3.05) is 0 Å². The molecule has 0 aromatic heterocycles. The summed E-state index contributed by atoms with van der Waals surface area (Å²) in [5, 5.41) is 0. The lowest BCUT2D eigenvalue weighted by Gasteiger charge is -2.10. The third-order valence-corrected chi connectivity index (χ3v) is 2.76. The zero-order chi connectivity index (χ0) is 13.1. The van der Waals surface area contributed by atoms with E-state index >= 15 is 0 Å². The van der Waals surface area contributed by atoms with Crippen LogP contribution in [-0.2, 0) is 0 Å². The summed E-state index contributed by atoms with van der Waals surface area (Å²) in [7, 11) is 0. The predicted octanol–water partition coefficient (Wildman–Crippen LogP) is 3.31. The van der Waals surface area contributed by atoms with E-state index in [2.05, 4.69) is 0 Å². The summed E-state index contributed by atoms with van der Waals surface area (Å²) in [6.07, 6.45) is 0. The van der Waals surface area contributed by atoms with Gasteiger partial charge in [-0.05, 0) is 18.7 Å². The molecule has 1 aromatic rings. The number of ketones is 1. The lowest BCUT2D eigenvalue weighted by Crippen LogP contribution is -2.12. The number of thioether (sulfide) groups is 1. The fraction of sp³-hybridized carbons (Fsp3) is 0.182. The van der Waals surface area contributed by atoms with E-state index in [4.69, 9.17) is 5.73 Å². The van der Waals surface area contributed by atoms with Crippen molar-refractivity contribution in [3.8, 4) is 0 Å². The van der Waals surface area contributed by atoms with Crippen molar-refractivity contribution >= 4 is 17.5 Å². The Morgan fingerprint density at radius 1 is 1.24 bits per heavy atom. The van der Waals surface area contributed by atoms with Crippen molar-refractivity contribution in [2.45, 2.75) is 12.4 Å². The van der Waals surface area contributed by atoms with Gasteiger partial charge in [-0.25, -0.2) is 0 Å². The lowest BCUT2D eigenvalue weighted by molar-refractivity contribution is -0.0322. The number of nitrogens with two attached hydrogens (primary N) is 1. The van der Waals surface area contributed by atoms with Gasteiger partial charge in [0, 0.05) is 11.3 Å². The predicted molar refractivity (Wildman–Crippen MR) is 61.3 cm³/mol. The summed E-state index contributed by atoms with van der Waals surface area (Å²) < 4.78 is 36.8. The number of alkyl halides is 3. The van der Waals surface area contributed by atoms with Crippen LogP contribution in [0.4, 0.5) is 13.2 Å². The van der Waals surface area contributed by atoms with Crippen molar-refractivity contribution in [3.63, 3.8) is 0 Å². The average molecular weight is 261 g/mol. The van der Waals surface area contributed by atoms with Gasteiger partial charge in [-0.15, -0.1) is 0 Å². The Hall–Kier alpha value is -1.43. The molecule has 0 heterocycles. The molecule has 0 saturated heterocycles. The molecule has 0 aliphatic rings. The topological polar surface area (TPSA) is 43.1 Å². The fourth-order valence-electron chi connectivity index (χ4n) is 1.14. The van der Waals surface area contributed by atoms with Crippen molar-refractivity contribution in [2.24, 2.45) is 5.73 Å². The first-order valence-corrected chi connectivity index (χ1v) is 5.45. The second-order valence-electron chi connectivity index (χ2n) is 3.26. The van der Waals surface area contributed by atoms with E-state index in [0.29, 0.717) is 0 Å². The van der Waals surface area contributed by atoms with Gasteiger partial charge in [0.1, 0.15) is 0 Å². The Labute approximate surface area is 101 Å². The highest BCUT2D eigenvalue weighted by Gasteiger charge is 2.34. The van der Waals surface area contributed by atoms with Gasteiger partial charge in [-0.3, -0.25) is 4.79 Å². The zero-order valence-corrected chi connectivity index (χ0v) is 9.73. The maximum absolute atomic E-state index is 12.3. The minimum atomic E-state index is -4.53. The molecule has 1 rings (SSSR count). The third-order valence-electron chi connectivity index (χ3n) is 1.82. The van der Waals surface area contributed by atoms with Gasteiger partial charge < -0.3 is 5.73 Å². The Kier molecular flexibility index (Phi) is 4.22. The molecule has 0 aliphatic carbocycles. The van der Waals surface area contributed by atoms with Crippen LogP contribution in [0.2, 0.25) is 0 Å². The van der Waals surface area contributed by atoms with Crippen LogP contribution in [0.15, 0.2) is 40.9 Å². The van der Waals surface area contributed by atoms with E-state index in [9.17, 15) is 18.0 Å². The van der Waals surface area contributed by atoms with Gasteiger partial charge in [0.05, 0.1) is 4.91 Å². The molecule has 6 heteroatoms. The summed E-state index contributed by atoms with van der Waals surface area (Å²) in [5.74, 6) is -0.715. The molecule has 1 aromatic carbocycles. The van der Waals surface area contributed by atoms with Crippen LogP contribution in [0.3, 0.4) is 0 Å². The quantitative estimate of drug-likeness (QED) is 0.670. The largest absolute Gasteiger partial charge is 0.446 e. The molecule has 2 N–H and O–H groups in total. The molecule has 92 valence electrons. The molecular weight excluding hydrogens is 251 g/mol. The lowest BCUT2D eigenvalue weighted by atomic mass is 10.1. The molecule has 0 amide bonds. The molecule has 2 nitrogen and oxygen atoms in total. The monoisotopic (exact) mass is 261 g/mol. The van der Waals surface area contributed by atoms with E-state index in [0.717, 1.165) is 0 Å². The van der Waals surface area contributed by atoms with Gasteiger partial charge >= 0.3 is 5.51 Å². The molecule has 0 saturated carbocycles. The number of carbonyl (C=O) groups is 1. The second-order valence-corrected chi connectivity index (χ2v) is 4.33. The van der Waals surface area contributed by atoms with E-state index in [1.807, 2.05) is 0 Å². The van der Waals surface area contributed by atoms with Gasteiger partial charge in [0.25, 0.3) is 0 Å². The van der Waals surface area contributed by atoms with Crippen molar-refractivity contribution < 1.29 is 18.0 Å². The maximum Gasteiger partial charge on any atom is 0.446 e. The highest BCUT2D eigenvalue weighted by Crippen LogP contribution is 2.38. The van der Waals surface area contributed by atoms with Crippen LogP contribution >= 0.6 is 11.8 Å². The Balaban J connectivity index is 3.03. The first-order chi connectivity index (χ1) is 7.81. The van der Waals surface area contributed by atoms with Crippen LogP contribution in [0.5, 0.6) is 0 Å². The Morgan fingerprint density at radius 3 is 2.18 bits per heavy atom. The van der Waals surface area contributed by atoms with Gasteiger partial charge in [-0.1, -0.05) is 30.3 Å². The number of allylic oxidation sites excluding steroid dienone is 2. The number of hydrogen-bond donors (Lipinski definition) is 1. The molecule has 0 aliphatic heterocycles. The smallest absolute Gasteiger partial charge is 0.401 e. The number of hydrogen-bond acceptors (Lipinski definition) is 3. The summed E-state index contributed by atoms with van der Waals surface area (Å²) >= 11 is -0.482. The first-order valence-electron chi connectivity index (χ1n) is 4.63. The molecule has 17 heavy (non-hydrogen) atoms. The number of carbonyl (C=O) groups excluding carboxylic acids is 1. The standard InChI is InChI=1S/C11H10F3NOS/c1-7(15)10(17-11(12,13)14)9(16)8-5-3-2-4-6-8/h2-6H,15H2,1H3/b10-7+. The summed E-state index contributed by atoms with van der Waals surface area (Å²) in [5.41, 5.74) is 0.839. The average Bonchev–Trinajstić information content (AvgIpc) is 2.25. The fourth-order valence-corrected chi connectivity index (χ4v) is 1.75. The first kappa shape index (κ1) is 13.6. The maximum atomic E-state index is 12.3. The zero-order valence-electron chi connectivity index (χ0n) is 8.91. The van der Waals surface area contributed by atoms with Crippen molar-refractivity contribution in [1.29, 1.82) is 0 Å². The molecule has 0 atom stereocenters. The Morgan fingerprint density at radius 2 is 1.76 bits per heavy atom. The van der Waals surface area contributed by atoms with Crippen LogP contribution in [0.25, 0.3) is 0 Å². The summed E-state index contributed by atoms with van der Waals surface area (Å²) in [4.78, 5) is 11.3. The normalized spacial score (nSPS) is 13.2. The van der Waals surface area contributed by atoms with E-state index in [1.54, 1.807) is 18.2 Å². The summed E-state index contributed by atoms with van der Waals surface area (Å²) in [6.45, 7) is 1.27. The molecule has 0 spiro atoms. The van der Waals surface area contributed by atoms with Crippen LogP contribution in [0, 0.1) is 0 Å². The number of benzene rings is 1. The van der Waals surface area contributed by atoms with Gasteiger partial charge in [0.2, 0.25) is 5.78 Å². The van der Waals surface area contributed by atoms with E-state index in [1.165, 1.54) is 19.1 Å². The molecule has 0 unspecified atom stereocenters. The van der Waals surface area contributed by atoms with E-state index < -0.39 is 28.0 Å². The number of rotatable bonds is 3. The van der Waals surface area contributed by atoms with Crippen LogP contribution < -0.4 is 5.73 Å². The number of halogens is 3. The van der Waals surface area contributed by atoms with E-state index in [-0.39, 0.29) is 11.3 Å². The van der Waals surface area contributed by atoms with Gasteiger partial charge in [0.15, 0.2) is 0 Å². The van der Waals surface area contributed by atoms with Crippen LogP contribution in [0.1, 0.15) is 17.3 Å².